The maximum absolute atomic E-state index is 6.86. The number of pyridine rings is 1. The van der Waals surface area contributed by atoms with Crippen molar-refractivity contribution in [3.63, 3.8) is 0 Å². The number of nitrogens with one attached hydrogen (secondary N) is 1. The van der Waals surface area contributed by atoms with Crippen molar-refractivity contribution in [2.24, 2.45) is 5.92 Å². The zero-order valence-corrected chi connectivity index (χ0v) is 16.2. The summed E-state index contributed by atoms with van der Waals surface area (Å²) in [5.41, 5.74) is 3.35. The average Bonchev–Trinajstić information content (AvgIpc) is 2.72. The summed E-state index contributed by atoms with van der Waals surface area (Å²) in [7, 11) is 1.87. The number of nitrogens with zero attached hydrogens (tertiary/aromatic N) is 2. The van der Waals surface area contributed by atoms with E-state index in [1.165, 1.54) is 30.3 Å². The van der Waals surface area contributed by atoms with E-state index in [9.17, 15) is 0 Å². The second-order valence-corrected chi connectivity index (χ2v) is 8.34. The standard InChI is InChI=1S/C21H25N3OS/c1-3-21-12-24-9-7-14(21)11-18(24)19(25-21)15-6-8-23-17-5-4-13(10-16(15)17)20(26)22-2/h4-6,8,10,14,18-19H,3,7,9,11-12H2,1-2H3,(H,22,26)/t14?,18?,19-,21?/m0/s1. The number of morpholine rings is 1. The van der Waals surface area contributed by atoms with Crippen LogP contribution in [0.2, 0.25) is 0 Å². The highest BCUT2D eigenvalue weighted by molar-refractivity contribution is 7.80. The van der Waals surface area contributed by atoms with Crippen LogP contribution in [0.3, 0.4) is 0 Å². The van der Waals surface area contributed by atoms with Crippen LogP contribution in [0.4, 0.5) is 0 Å². The Hall–Kier alpha value is -1.56. The largest absolute Gasteiger partial charge is 0.379 e. The third kappa shape index (κ3) is 2.27. The van der Waals surface area contributed by atoms with Gasteiger partial charge < -0.3 is 10.1 Å². The summed E-state index contributed by atoms with van der Waals surface area (Å²) in [5, 5.41) is 4.25. The number of piperidine rings is 3. The molecule has 1 aromatic heterocycles. The Morgan fingerprint density at radius 3 is 3.04 bits per heavy atom. The minimum atomic E-state index is 0.0329. The van der Waals surface area contributed by atoms with E-state index >= 15 is 0 Å². The highest BCUT2D eigenvalue weighted by Gasteiger charge is 2.58. The summed E-state index contributed by atoms with van der Waals surface area (Å²) >= 11 is 5.45. The second-order valence-electron chi connectivity index (χ2n) is 7.93. The minimum absolute atomic E-state index is 0.0329. The summed E-state index contributed by atoms with van der Waals surface area (Å²) in [6.45, 7) is 4.61. The lowest BCUT2D eigenvalue weighted by Gasteiger charge is -2.64. The van der Waals surface area contributed by atoms with Gasteiger partial charge in [-0.25, -0.2) is 0 Å². The zero-order valence-electron chi connectivity index (χ0n) is 15.4. The van der Waals surface area contributed by atoms with Gasteiger partial charge in [0.2, 0.25) is 0 Å². The molecule has 5 aliphatic rings. The molecule has 5 aliphatic heterocycles. The van der Waals surface area contributed by atoms with E-state index in [1.54, 1.807) is 0 Å². The van der Waals surface area contributed by atoms with Gasteiger partial charge in [0, 0.05) is 36.8 Å². The van der Waals surface area contributed by atoms with Crippen molar-refractivity contribution >= 4 is 28.1 Å². The maximum Gasteiger partial charge on any atom is 0.106 e. The molecule has 0 spiro atoms. The van der Waals surface area contributed by atoms with Crippen molar-refractivity contribution in [1.29, 1.82) is 0 Å². The number of fused-ring (bicyclic) bond motifs is 3. The normalized spacial score (nSPS) is 35.0. The van der Waals surface area contributed by atoms with E-state index in [1.807, 2.05) is 19.3 Å². The van der Waals surface area contributed by atoms with Gasteiger partial charge >= 0.3 is 0 Å². The summed E-state index contributed by atoms with van der Waals surface area (Å²) in [6, 6.07) is 8.94. The van der Waals surface area contributed by atoms with Crippen LogP contribution in [0, 0.1) is 5.92 Å². The molecule has 0 aliphatic carbocycles. The van der Waals surface area contributed by atoms with Gasteiger partial charge in [0.1, 0.15) is 4.99 Å². The lowest BCUT2D eigenvalue weighted by atomic mass is 9.66. The molecule has 26 heavy (non-hydrogen) atoms. The Morgan fingerprint density at radius 1 is 1.42 bits per heavy atom. The summed E-state index contributed by atoms with van der Waals surface area (Å²) in [4.78, 5) is 8.01. The van der Waals surface area contributed by atoms with Gasteiger partial charge in [0.05, 0.1) is 17.2 Å². The van der Waals surface area contributed by atoms with Crippen LogP contribution in [-0.2, 0) is 4.74 Å². The molecule has 4 nitrogen and oxygen atoms in total. The monoisotopic (exact) mass is 367 g/mol. The molecule has 5 heteroatoms. The first kappa shape index (κ1) is 16.6. The number of benzene rings is 1. The van der Waals surface area contributed by atoms with E-state index in [2.05, 4.69) is 40.3 Å². The summed E-state index contributed by atoms with van der Waals surface area (Å²) in [5.74, 6) is 0.722. The topological polar surface area (TPSA) is 37.4 Å². The SMILES string of the molecule is CCC12CN3CCC1CC3[C@H](c1ccnc3ccc(C(=S)NC)cc13)O2. The predicted molar refractivity (Wildman–Crippen MR) is 107 cm³/mol. The molecule has 4 bridgehead atoms. The Bertz CT molecular complexity index is 885. The van der Waals surface area contributed by atoms with E-state index in [0.29, 0.717) is 6.04 Å². The lowest BCUT2D eigenvalue weighted by Crippen LogP contribution is -2.70. The Morgan fingerprint density at radius 2 is 2.31 bits per heavy atom. The van der Waals surface area contributed by atoms with Gasteiger partial charge in [-0.1, -0.05) is 19.1 Å². The van der Waals surface area contributed by atoms with Gasteiger partial charge in [0.15, 0.2) is 0 Å². The molecule has 136 valence electrons. The molecular weight excluding hydrogens is 342 g/mol. The predicted octanol–water partition coefficient (Wildman–Crippen LogP) is 3.44. The first-order chi connectivity index (χ1) is 12.6. The highest BCUT2D eigenvalue weighted by Crippen LogP contribution is 2.54. The van der Waals surface area contributed by atoms with Gasteiger partial charge in [-0.05, 0) is 61.6 Å². The number of rotatable bonds is 3. The average molecular weight is 368 g/mol. The summed E-state index contributed by atoms with van der Waals surface area (Å²) < 4.78 is 6.86. The fourth-order valence-corrected chi connectivity index (χ4v) is 5.56. The fourth-order valence-electron chi connectivity index (χ4n) is 5.43. The smallest absolute Gasteiger partial charge is 0.106 e. The quantitative estimate of drug-likeness (QED) is 0.841. The Balaban J connectivity index is 1.62. The molecule has 6 heterocycles. The van der Waals surface area contributed by atoms with Crippen molar-refractivity contribution in [3.05, 3.63) is 41.6 Å². The van der Waals surface area contributed by atoms with Gasteiger partial charge in [-0.3, -0.25) is 9.88 Å². The van der Waals surface area contributed by atoms with Crippen LogP contribution >= 0.6 is 12.2 Å². The lowest BCUT2D eigenvalue weighted by molar-refractivity contribution is -0.274. The molecule has 7 rings (SSSR count). The van der Waals surface area contributed by atoms with Crippen LogP contribution < -0.4 is 5.32 Å². The molecule has 5 atom stereocenters. The third-order valence-electron chi connectivity index (χ3n) is 6.86. The second kappa shape index (κ2) is 5.98. The van der Waals surface area contributed by atoms with Crippen molar-refractivity contribution in [2.45, 2.75) is 43.9 Å². The van der Waals surface area contributed by atoms with Gasteiger partial charge in [-0.2, -0.15) is 0 Å². The van der Waals surface area contributed by atoms with Crippen molar-refractivity contribution < 1.29 is 4.74 Å². The van der Waals surface area contributed by atoms with Gasteiger partial charge in [-0.15, -0.1) is 0 Å². The first-order valence-electron chi connectivity index (χ1n) is 9.68. The van der Waals surface area contributed by atoms with Crippen LogP contribution in [0.5, 0.6) is 0 Å². The minimum Gasteiger partial charge on any atom is -0.379 e. The zero-order chi connectivity index (χ0) is 17.9. The van der Waals surface area contributed by atoms with Crippen molar-refractivity contribution in [2.75, 3.05) is 20.1 Å². The van der Waals surface area contributed by atoms with E-state index in [-0.39, 0.29) is 11.7 Å². The molecule has 4 unspecified atom stereocenters. The maximum atomic E-state index is 6.86. The fraction of sp³-hybridized carbons (Fsp3) is 0.524. The van der Waals surface area contributed by atoms with Crippen LogP contribution in [0.1, 0.15) is 43.4 Å². The van der Waals surface area contributed by atoms with Crippen molar-refractivity contribution in [3.8, 4) is 0 Å². The van der Waals surface area contributed by atoms with Crippen molar-refractivity contribution in [1.82, 2.24) is 15.2 Å². The molecule has 0 amide bonds. The van der Waals surface area contributed by atoms with E-state index in [0.717, 1.165) is 35.0 Å². The summed E-state index contributed by atoms with van der Waals surface area (Å²) in [6.07, 6.45) is 5.69. The molecule has 5 fully saturated rings. The molecular formula is C21H25N3OS. The number of hydrogen-bond donors (Lipinski definition) is 1. The number of aromatic nitrogens is 1. The molecule has 0 saturated carbocycles. The number of hydrogen-bond acceptors (Lipinski definition) is 4. The number of ether oxygens (including phenoxy) is 1. The van der Waals surface area contributed by atoms with Crippen LogP contribution in [0.15, 0.2) is 30.5 Å². The van der Waals surface area contributed by atoms with E-state index in [4.69, 9.17) is 17.0 Å². The molecule has 0 radical (unpaired) electrons. The molecule has 5 saturated heterocycles. The first-order valence-corrected chi connectivity index (χ1v) is 10.1. The third-order valence-corrected chi connectivity index (χ3v) is 7.30. The van der Waals surface area contributed by atoms with Crippen LogP contribution in [0.25, 0.3) is 10.9 Å². The van der Waals surface area contributed by atoms with Crippen LogP contribution in [-0.4, -0.2) is 46.7 Å². The van der Waals surface area contributed by atoms with Gasteiger partial charge in [0.25, 0.3) is 0 Å². The van der Waals surface area contributed by atoms with E-state index < -0.39 is 0 Å². The Labute approximate surface area is 159 Å². The molecule has 1 N–H and O–H groups in total. The number of thiocarbonyl (C=S) groups is 1. The molecule has 2 aromatic rings. The molecule has 1 aromatic carbocycles. The Kier molecular flexibility index (Phi) is 3.82. The highest BCUT2D eigenvalue weighted by atomic mass is 32.1.